The van der Waals surface area contributed by atoms with Crippen LogP contribution < -0.4 is 10.6 Å². The highest BCUT2D eigenvalue weighted by Crippen LogP contribution is 2.24. The van der Waals surface area contributed by atoms with E-state index in [0.717, 1.165) is 30.9 Å². The lowest BCUT2D eigenvalue weighted by molar-refractivity contribution is 0.770. The standard InChI is InChI=1S/C14H18N2S/c1-2-8-16(10-12-7-9-17-11-12)14-6-4-3-5-13(14)15/h3-7,9,11H,2,8,10,15H2,1H3. The average Bonchev–Trinajstić information content (AvgIpc) is 2.82. The van der Waals surface area contributed by atoms with Crippen molar-refractivity contribution in [2.45, 2.75) is 19.9 Å². The minimum Gasteiger partial charge on any atom is -0.397 e. The highest BCUT2D eigenvalue weighted by atomic mass is 32.1. The number of hydrogen-bond acceptors (Lipinski definition) is 3. The van der Waals surface area contributed by atoms with Crippen LogP contribution in [0.25, 0.3) is 0 Å². The summed E-state index contributed by atoms with van der Waals surface area (Å²) in [5, 5.41) is 4.32. The molecule has 0 aliphatic heterocycles. The Morgan fingerprint density at radius 3 is 2.71 bits per heavy atom. The lowest BCUT2D eigenvalue weighted by Crippen LogP contribution is -2.24. The van der Waals surface area contributed by atoms with Gasteiger partial charge in [-0.1, -0.05) is 19.1 Å². The van der Waals surface area contributed by atoms with Gasteiger partial charge in [0, 0.05) is 13.1 Å². The lowest BCUT2D eigenvalue weighted by Gasteiger charge is -2.25. The molecule has 1 heterocycles. The molecule has 0 amide bonds. The highest BCUT2D eigenvalue weighted by molar-refractivity contribution is 7.07. The Morgan fingerprint density at radius 2 is 2.06 bits per heavy atom. The molecule has 2 N–H and O–H groups in total. The van der Waals surface area contributed by atoms with Gasteiger partial charge >= 0.3 is 0 Å². The molecule has 17 heavy (non-hydrogen) atoms. The Bertz CT molecular complexity index is 451. The van der Waals surface area contributed by atoms with Gasteiger partial charge < -0.3 is 10.6 Å². The number of nitrogens with two attached hydrogens (primary N) is 1. The largest absolute Gasteiger partial charge is 0.397 e. The van der Waals surface area contributed by atoms with Crippen molar-refractivity contribution in [2.75, 3.05) is 17.2 Å². The summed E-state index contributed by atoms with van der Waals surface area (Å²) in [6, 6.07) is 10.3. The molecule has 2 aromatic rings. The summed E-state index contributed by atoms with van der Waals surface area (Å²) in [5.74, 6) is 0. The topological polar surface area (TPSA) is 29.3 Å². The molecular formula is C14H18N2S. The smallest absolute Gasteiger partial charge is 0.0602 e. The van der Waals surface area contributed by atoms with Crippen molar-refractivity contribution in [1.82, 2.24) is 0 Å². The van der Waals surface area contributed by atoms with Crippen LogP contribution in [-0.4, -0.2) is 6.54 Å². The van der Waals surface area contributed by atoms with Crippen molar-refractivity contribution in [3.05, 3.63) is 46.7 Å². The zero-order chi connectivity index (χ0) is 12.1. The van der Waals surface area contributed by atoms with E-state index in [-0.39, 0.29) is 0 Å². The van der Waals surface area contributed by atoms with Crippen LogP contribution in [0.5, 0.6) is 0 Å². The fraction of sp³-hybridized carbons (Fsp3) is 0.286. The summed E-state index contributed by atoms with van der Waals surface area (Å²) in [5.41, 5.74) is 9.39. The number of nitrogen functional groups attached to an aromatic ring is 1. The third kappa shape index (κ3) is 3.01. The van der Waals surface area contributed by atoms with Crippen LogP contribution in [0.1, 0.15) is 18.9 Å². The van der Waals surface area contributed by atoms with Crippen LogP contribution in [-0.2, 0) is 6.54 Å². The van der Waals surface area contributed by atoms with E-state index in [9.17, 15) is 0 Å². The summed E-state index contributed by atoms with van der Waals surface area (Å²) in [4.78, 5) is 2.34. The molecule has 1 aromatic heterocycles. The van der Waals surface area contributed by atoms with E-state index in [1.54, 1.807) is 11.3 Å². The van der Waals surface area contributed by atoms with Crippen molar-refractivity contribution in [1.29, 1.82) is 0 Å². The molecule has 2 rings (SSSR count). The van der Waals surface area contributed by atoms with Gasteiger partial charge in [-0.05, 0) is 40.9 Å². The molecule has 0 fully saturated rings. The molecule has 0 saturated heterocycles. The van der Waals surface area contributed by atoms with Gasteiger partial charge in [0.2, 0.25) is 0 Å². The van der Waals surface area contributed by atoms with Gasteiger partial charge in [0.15, 0.2) is 0 Å². The quantitative estimate of drug-likeness (QED) is 0.814. The van der Waals surface area contributed by atoms with Crippen molar-refractivity contribution in [3.63, 3.8) is 0 Å². The first-order chi connectivity index (χ1) is 8.31. The van der Waals surface area contributed by atoms with Crippen LogP contribution in [0, 0.1) is 0 Å². The molecule has 0 atom stereocenters. The Hall–Kier alpha value is -1.48. The zero-order valence-electron chi connectivity index (χ0n) is 10.1. The summed E-state index contributed by atoms with van der Waals surface area (Å²) in [6.07, 6.45) is 1.12. The summed E-state index contributed by atoms with van der Waals surface area (Å²) < 4.78 is 0. The molecule has 2 nitrogen and oxygen atoms in total. The number of benzene rings is 1. The van der Waals surface area contributed by atoms with Gasteiger partial charge in [-0.2, -0.15) is 11.3 Å². The third-order valence-electron chi connectivity index (χ3n) is 2.72. The van der Waals surface area contributed by atoms with Crippen LogP contribution in [0.2, 0.25) is 0 Å². The summed E-state index contributed by atoms with van der Waals surface area (Å²) >= 11 is 1.74. The van der Waals surface area contributed by atoms with Gasteiger partial charge in [-0.15, -0.1) is 0 Å². The predicted octanol–water partition coefficient (Wildman–Crippen LogP) is 3.75. The van der Waals surface area contributed by atoms with Crippen molar-refractivity contribution in [2.24, 2.45) is 0 Å². The normalized spacial score (nSPS) is 10.4. The van der Waals surface area contributed by atoms with Crippen LogP contribution in [0.15, 0.2) is 41.1 Å². The number of hydrogen-bond donors (Lipinski definition) is 1. The first kappa shape index (κ1) is 12.0. The van der Waals surface area contributed by atoms with Crippen LogP contribution in [0.4, 0.5) is 11.4 Å². The zero-order valence-corrected chi connectivity index (χ0v) is 10.9. The van der Waals surface area contributed by atoms with Crippen LogP contribution in [0.3, 0.4) is 0 Å². The maximum absolute atomic E-state index is 6.04. The SMILES string of the molecule is CCCN(Cc1ccsc1)c1ccccc1N. The van der Waals surface area contributed by atoms with E-state index in [4.69, 9.17) is 5.73 Å². The number of rotatable bonds is 5. The summed E-state index contributed by atoms with van der Waals surface area (Å²) in [6.45, 7) is 4.16. The Morgan fingerprint density at radius 1 is 1.24 bits per heavy atom. The number of thiophene rings is 1. The molecule has 90 valence electrons. The molecular weight excluding hydrogens is 228 g/mol. The molecule has 0 saturated carbocycles. The predicted molar refractivity (Wildman–Crippen MR) is 76.5 cm³/mol. The van der Waals surface area contributed by atoms with Gasteiger partial charge in [0.1, 0.15) is 0 Å². The monoisotopic (exact) mass is 246 g/mol. The number of anilines is 2. The minimum atomic E-state index is 0.858. The Balaban J connectivity index is 2.20. The second-order valence-corrected chi connectivity index (χ2v) is 4.89. The van der Waals surface area contributed by atoms with E-state index in [2.05, 4.69) is 34.7 Å². The first-order valence-corrected chi connectivity index (χ1v) is 6.86. The molecule has 3 heteroatoms. The second kappa shape index (κ2) is 5.73. The van der Waals surface area contributed by atoms with Crippen molar-refractivity contribution in [3.8, 4) is 0 Å². The fourth-order valence-corrected chi connectivity index (χ4v) is 2.59. The lowest BCUT2D eigenvalue weighted by atomic mass is 10.2. The molecule has 0 aliphatic carbocycles. The number of para-hydroxylation sites is 2. The molecule has 0 radical (unpaired) electrons. The van der Waals surface area contributed by atoms with Gasteiger partial charge in [0.05, 0.1) is 11.4 Å². The fourth-order valence-electron chi connectivity index (χ4n) is 1.93. The highest BCUT2D eigenvalue weighted by Gasteiger charge is 2.09. The van der Waals surface area contributed by atoms with Crippen molar-refractivity contribution >= 4 is 22.7 Å². The van der Waals surface area contributed by atoms with E-state index >= 15 is 0 Å². The first-order valence-electron chi connectivity index (χ1n) is 5.91. The minimum absolute atomic E-state index is 0.858. The number of nitrogens with zero attached hydrogens (tertiary/aromatic N) is 1. The van der Waals surface area contributed by atoms with Gasteiger partial charge in [-0.3, -0.25) is 0 Å². The van der Waals surface area contributed by atoms with Crippen LogP contribution >= 0.6 is 11.3 Å². The maximum Gasteiger partial charge on any atom is 0.0602 e. The molecule has 1 aromatic carbocycles. The van der Waals surface area contributed by atoms with E-state index < -0.39 is 0 Å². The molecule has 0 spiro atoms. The van der Waals surface area contributed by atoms with E-state index in [0.29, 0.717) is 0 Å². The molecule has 0 unspecified atom stereocenters. The van der Waals surface area contributed by atoms with Gasteiger partial charge in [-0.25, -0.2) is 0 Å². The van der Waals surface area contributed by atoms with Gasteiger partial charge in [0.25, 0.3) is 0 Å². The Labute approximate surface area is 107 Å². The third-order valence-corrected chi connectivity index (χ3v) is 3.46. The van der Waals surface area contributed by atoms with E-state index in [1.807, 2.05) is 18.2 Å². The molecule has 0 bridgehead atoms. The Kier molecular flexibility index (Phi) is 4.04. The average molecular weight is 246 g/mol. The van der Waals surface area contributed by atoms with E-state index in [1.165, 1.54) is 5.56 Å². The molecule has 0 aliphatic rings. The van der Waals surface area contributed by atoms with Crippen molar-refractivity contribution < 1.29 is 0 Å². The summed E-state index contributed by atoms with van der Waals surface area (Å²) in [7, 11) is 0. The second-order valence-electron chi connectivity index (χ2n) is 4.11. The maximum atomic E-state index is 6.04.